The topological polar surface area (TPSA) is 23.8 Å². The van der Waals surface area contributed by atoms with Gasteiger partial charge < -0.3 is 5.73 Å². The molecule has 0 saturated carbocycles. The van der Waals surface area contributed by atoms with Crippen LogP contribution in [-0.4, -0.2) is 0 Å². The summed E-state index contributed by atoms with van der Waals surface area (Å²) in [6.07, 6.45) is 1.85. The van der Waals surface area contributed by atoms with Gasteiger partial charge in [-0.05, 0) is 43.5 Å². The third kappa shape index (κ3) is 3.76. The predicted molar refractivity (Wildman–Crippen MR) is 56.3 cm³/mol. The molecule has 1 aromatic rings. The Morgan fingerprint density at radius 1 is 1.25 bits per heavy atom. The van der Waals surface area contributed by atoms with Crippen LogP contribution in [0, 0.1) is 0 Å². The molecule has 0 unspecified atom stereocenters. The molecule has 0 aliphatic carbocycles. The van der Waals surface area contributed by atoms with E-state index in [1.807, 2.05) is 24.3 Å². The number of benzene rings is 1. The van der Waals surface area contributed by atoms with Crippen molar-refractivity contribution in [2.45, 2.75) is 0 Å². The minimum atomic E-state index is 0. The van der Waals surface area contributed by atoms with Crippen molar-refractivity contribution in [3.63, 3.8) is 0 Å². The Morgan fingerprint density at radius 2 is 1.83 bits per heavy atom. The van der Waals surface area contributed by atoms with Gasteiger partial charge in [-0.1, -0.05) is 24.3 Å². The van der Waals surface area contributed by atoms with Crippen molar-refractivity contribution < 1.29 is 17.1 Å². The maximum absolute atomic E-state index is 7.48. The second kappa shape index (κ2) is 5.81. The van der Waals surface area contributed by atoms with Crippen LogP contribution >= 0.6 is 31.9 Å². The zero-order chi connectivity index (χ0) is 8.27. The van der Waals surface area contributed by atoms with Crippen molar-refractivity contribution in [2.24, 2.45) is 0 Å². The van der Waals surface area contributed by atoms with Gasteiger partial charge in [-0.25, -0.2) is 0 Å². The second-order valence-corrected chi connectivity index (χ2v) is 4.79. The molecule has 0 radical (unpaired) electrons. The second-order valence-electron chi connectivity index (χ2n) is 2.02. The SMILES string of the molecule is [Cu+].[NH-]c1ccccc1C=C(Br)Br. The summed E-state index contributed by atoms with van der Waals surface area (Å²) in [5.41, 5.74) is 8.91. The normalized spacial score (nSPS) is 8.50. The Hall–Kier alpha value is 0.239. The molecule has 0 heterocycles. The van der Waals surface area contributed by atoms with E-state index < -0.39 is 0 Å². The van der Waals surface area contributed by atoms with Gasteiger partial charge in [-0.15, -0.1) is 5.69 Å². The van der Waals surface area contributed by atoms with E-state index in [1.54, 1.807) is 6.07 Å². The fourth-order valence-electron chi connectivity index (χ4n) is 0.740. The zero-order valence-corrected chi connectivity index (χ0v) is 10.1. The molecule has 12 heavy (non-hydrogen) atoms. The van der Waals surface area contributed by atoms with E-state index in [4.69, 9.17) is 5.73 Å². The van der Waals surface area contributed by atoms with Crippen LogP contribution in [0.15, 0.2) is 27.7 Å². The third-order valence-electron chi connectivity index (χ3n) is 1.23. The molecule has 1 nitrogen and oxygen atoms in total. The van der Waals surface area contributed by atoms with Crippen molar-refractivity contribution in [1.29, 1.82) is 0 Å². The van der Waals surface area contributed by atoms with Gasteiger partial charge >= 0.3 is 17.1 Å². The van der Waals surface area contributed by atoms with Crippen molar-refractivity contribution in [1.82, 2.24) is 0 Å². The fraction of sp³-hybridized carbons (Fsp3) is 0. The van der Waals surface area contributed by atoms with Crippen LogP contribution in [0.4, 0.5) is 5.69 Å². The fourth-order valence-corrected chi connectivity index (χ4v) is 1.23. The number of nitrogens with one attached hydrogen (secondary N) is 1. The Balaban J connectivity index is 0.00000121. The summed E-state index contributed by atoms with van der Waals surface area (Å²) in [6, 6.07) is 7.41. The van der Waals surface area contributed by atoms with Crippen molar-refractivity contribution >= 4 is 43.6 Å². The number of rotatable bonds is 1. The maximum atomic E-state index is 7.48. The first-order valence-electron chi connectivity index (χ1n) is 3.03. The van der Waals surface area contributed by atoms with Crippen LogP contribution in [-0.2, 0) is 17.1 Å². The molecule has 0 amide bonds. The molecule has 0 atom stereocenters. The van der Waals surface area contributed by atoms with Crippen molar-refractivity contribution in [2.75, 3.05) is 0 Å². The van der Waals surface area contributed by atoms with Crippen molar-refractivity contribution in [3.8, 4) is 0 Å². The van der Waals surface area contributed by atoms with Gasteiger partial charge in [-0.3, -0.25) is 0 Å². The summed E-state index contributed by atoms with van der Waals surface area (Å²) < 4.78 is 0.852. The molecule has 0 saturated heterocycles. The number of halogens is 2. The first kappa shape index (κ1) is 12.2. The molecule has 1 rings (SSSR count). The van der Waals surface area contributed by atoms with Crippen LogP contribution in [0.3, 0.4) is 0 Å². The van der Waals surface area contributed by atoms with Gasteiger partial charge in [0.25, 0.3) is 0 Å². The van der Waals surface area contributed by atoms with Crippen molar-refractivity contribution in [3.05, 3.63) is 39.0 Å². The van der Waals surface area contributed by atoms with Crippen LogP contribution in [0.2, 0.25) is 0 Å². The largest absolute Gasteiger partial charge is 1.00 e. The predicted octanol–water partition coefficient (Wildman–Crippen LogP) is 4.46. The Labute approximate surface area is 99.1 Å². The quantitative estimate of drug-likeness (QED) is 0.675. The van der Waals surface area contributed by atoms with Crippen LogP contribution < -0.4 is 0 Å². The standard InChI is InChI=1S/C8H6Br2N.Cu/c9-8(10)5-6-3-1-2-4-7(6)11;/h1-5,11H;/q-1;+1. The Morgan fingerprint density at radius 3 is 2.33 bits per heavy atom. The van der Waals surface area contributed by atoms with Gasteiger partial charge in [0, 0.05) is 0 Å². The average Bonchev–Trinajstić information content (AvgIpc) is 1.93. The average molecular weight is 339 g/mol. The molecule has 0 bridgehead atoms. The van der Waals surface area contributed by atoms with E-state index in [0.29, 0.717) is 5.69 Å². The first-order chi connectivity index (χ1) is 5.20. The molecule has 1 aromatic carbocycles. The van der Waals surface area contributed by atoms with Gasteiger partial charge in [0.2, 0.25) is 0 Å². The molecule has 0 spiro atoms. The first-order valence-corrected chi connectivity index (χ1v) is 4.62. The van der Waals surface area contributed by atoms with Gasteiger partial charge in [0.1, 0.15) is 0 Å². The monoisotopic (exact) mass is 337 g/mol. The smallest absolute Gasteiger partial charge is 0.698 e. The third-order valence-corrected chi connectivity index (χ3v) is 1.68. The Bertz CT molecular complexity index is 282. The molecule has 0 fully saturated rings. The minimum Gasteiger partial charge on any atom is -0.698 e. The molecular formula is C8H6Br2CuN. The molecule has 68 valence electrons. The van der Waals surface area contributed by atoms with E-state index in [-0.39, 0.29) is 17.1 Å². The van der Waals surface area contributed by atoms with Crippen LogP contribution in [0.5, 0.6) is 0 Å². The summed E-state index contributed by atoms with van der Waals surface area (Å²) in [6.45, 7) is 0. The summed E-state index contributed by atoms with van der Waals surface area (Å²) in [5, 5.41) is 0. The van der Waals surface area contributed by atoms with E-state index >= 15 is 0 Å². The summed E-state index contributed by atoms with van der Waals surface area (Å²) in [7, 11) is 0. The summed E-state index contributed by atoms with van der Waals surface area (Å²) >= 11 is 6.48. The zero-order valence-electron chi connectivity index (χ0n) is 5.94. The molecular weight excluding hydrogens is 333 g/mol. The molecule has 0 aliphatic heterocycles. The van der Waals surface area contributed by atoms with E-state index in [9.17, 15) is 0 Å². The number of hydrogen-bond acceptors (Lipinski definition) is 0. The van der Waals surface area contributed by atoms with E-state index in [0.717, 1.165) is 8.96 Å². The molecule has 0 aromatic heterocycles. The van der Waals surface area contributed by atoms with Crippen LogP contribution in [0.1, 0.15) is 5.56 Å². The van der Waals surface area contributed by atoms with E-state index in [2.05, 4.69) is 31.9 Å². The molecule has 4 heteroatoms. The Kier molecular flexibility index (Phi) is 5.93. The van der Waals surface area contributed by atoms with Crippen LogP contribution in [0.25, 0.3) is 11.8 Å². The van der Waals surface area contributed by atoms with Gasteiger partial charge in [0.15, 0.2) is 0 Å². The minimum absolute atomic E-state index is 0. The maximum Gasteiger partial charge on any atom is 1.00 e. The summed E-state index contributed by atoms with van der Waals surface area (Å²) in [5.74, 6) is 0. The van der Waals surface area contributed by atoms with Gasteiger partial charge in [0.05, 0.1) is 3.39 Å². The van der Waals surface area contributed by atoms with Gasteiger partial charge in [-0.2, -0.15) is 0 Å². The summed E-state index contributed by atoms with van der Waals surface area (Å²) in [4.78, 5) is 0. The molecule has 0 aliphatic rings. The molecule has 1 N–H and O–H groups in total. The number of hydrogen-bond donors (Lipinski definition) is 0. The van der Waals surface area contributed by atoms with E-state index in [1.165, 1.54) is 0 Å².